The number of thiazole rings is 1. The van der Waals surface area contributed by atoms with Crippen molar-refractivity contribution in [2.24, 2.45) is 0 Å². The lowest BCUT2D eigenvalue weighted by molar-refractivity contribution is 1.00. The fourth-order valence-electron chi connectivity index (χ4n) is 1.83. The number of nitrogens with zero attached hydrogens (tertiary/aromatic N) is 2. The highest BCUT2D eigenvalue weighted by atomic mass is 32.1. The second-order valence-corrected chi connectivity index (χ2v) is 5.26. The van der Waals surface area contributed by atoms with Crippen LogP contribution in [0, 0.1) is 6.92 Å². The van der Waals surface area contributed by atoms with E-state index in [1.165, 1.54) is 0 Å². The van der Waals surface area contributed by atoms with E-state index < -0.39 is 0 Å². The van der Waals surface area contributed by atoms with Crippen molar-refractivity contribution in [2.45, 2.75) is 13.5 Å². The number of aryl methyl sites for hydroxylation is 1. The van der Waals surface area contributed by atoms with Crippen LogP contribution in [0.15, 0.2) is 24.5 Å². The van der Waals surface area contributed by atoms with Crippen LogP contribution in [0.3, 0.4) is 0 Å². The highest BCUT2D eigenvalue weighted by molar-refractivity contribution is 7.18. The Labute approximate surface area is 108 Å². The standard InChI is InChI=1S/C12H13N5S/c1-7-17-10-5-9(8(13)4-11(10)18-7)16-6-12-14-2-3-15-12/h2-5,16H,6,13H2,1H3,(H,14,15). The number of H-pyrrole nitrogens is 1. The molecule has 6 heteroatoms. The Kier molecular flexibility index (Phi) is 2.64. The monoisotopic (exact) mass is 259 g/mol. The number of hydrogen-bond acceptors (Lipinski definition) is 5. The number of hydrogen-bond donors (Lipinski definition) is 3. The number of rotatable bonds is 3. The molecule has 0 fully saturated rings. The van der Waals surface area contributed by atoms with Gasteiger partial charge in [-0.2, -0.15) is 0 Å². The molecule has 0 atom stereocenters. The number of nitrogens with one attached hydrogen (secondary N) is 2. The summed E-state index contributed by atoms with van der Waals surface area (Å²) in [5, 5.41) is 4.31. The van der Waals surface area contributed by atoms with Crippen molar-refractivity contribution in [1.82, 2.24) is 15.0 Å². The molecule has 3 rings (SSSR count). The van der Waals surface area contributed by atoms with Crippen LogP contribution in [0.1, 0.15) is 10.8 Å². The highest BCUT2D eigenvalue weighted by Gasteiger charge is 2.06. The number of nitrogens with two attached hydrogens (primary N) is 1. The zero-order valence-corrected chi connectivity index (χ0v) is 10.7. The molecule has 0 saturated carbocycles. The van der Waals surface area contributed by atoms with Gasteiger partial charge < -0.3 is 16.0 Å². The largest absolute Gasteiger partial charge is 0.397 e. The molecule has 0 amide bonds. The first kappa shape index (κ1) is 11.0. The molecule has 0 radical (unpaired) electrons. The van der Waals surface area contributed by atoms with Gasteiger partial charge in [0.1, 0.15) is 5.82 Å². The zero-order chi connectivity index (χ0) is 12.5. The number of aromatic amines is 1. The molecule has 4 N–H and O–H groups in total. The van der Waals surface area contributed by atoms with Gasteiger partial charge in [-0.05, 0) is 19.1 Å². The van der Waals surface area contributed by atoms with Gasteiger partial charge in [-0.15, -0.1) is 11.3 Å². The van der Waals surface area contributed by atoms with Gasteiger partial charge in [0, 0.05) is 12.4 Å². The third kappa shape index (κ3) is 2.02. The SMILES string of the molecule is Cc1nc2cc(NCc3ncc[nH]3)c(N)cc2s1. The summed E-state index contributed by atoms with van der Waals surface area (Å²) in [7, 11) is 0. The molecular formula is C12H13N5S. The smallest absolute Gasteiger partial charge is 0.125 e. The van der Waals surface area contributed by atoms with Crippen LogP contribution in [0.2, 0.25) is 0 Å². The quantitative estimate of drug-likeness (QED) is 0.631. The van der Waals surface area contributed by atoms with Gasteiger partial charge in [0.2, 0.25) is 0 Å². The van der Waals surface area contributed by atoms with Crippen LogP contribution in [-0.4, -0.2) is 15.0 Å². The number of nitrogen functional groups attached to an aromatic ring is 1. The number of benzene rings is 1. The lowest BCUT2D eigenvalue weighted by atomic mass is 10.2. The first-order chi connectivity index (χ1) is 8.72. The summed E-state index contributed by atoms with van der Waals surface area (Å²) in [6.45, 7) is 2.61. The molecule has 92 valence electrons. The summed E-state index contributed by atoms with van der Waals surface area (Å²) in [6.07, 6.45) is 3.53. The van der Waals surface area contributed by atoms with Crippen molar-refractivity contribution in [2.75, 3.05) is 11.1 Å². The Morgan fingerprint density at radius 3 is 3.11 bits per heavy atom. The molecule has 3 aromatic rings. The van der Waals surface area contributed by atoms with Gasteiger partial charge in [-0.3, -0.25) is 0 Å². The fraction of sp³-hybridized carbons (Fsp3) is 0.167. The van der Waals surface area contributed by atoms with Crippen molar-refractivity contribution < 1.29 is 0 Å². The van der Waals surface area contributed by atoms with Gasteiger partial charge in [0.25, 0.3) is 0 Å². The Morgan fingerprint density at radius 1 is 1.44 bits per heavy atom. The third-order valence-corrected chi connectivity index (χ3v) is 3.60. The lowest BCUT2D eigenvalue weighted by Crippen LogP contribution is -2.03. The van der Waals surface area contributed by atoms with Gasteiger partial charge in [-0.25, -0.2) is 9.97 Å². The van der Waals surface area contributed by atoms with E-state index in [1.807, 2.05) is 19.1 Å². The summed E-state index contributed by atoms with van der Waals surface area (Å²) >= 11 is 1.65. The summed E-state index contributed by atoms with van der Waals surface area (Å²) < 4.78 is 1.12. The van der Waals surface area contributed by atoms with Crippen molar-refractivity contribution in [1.29, 1.82) is 0 Å². The predicted octanol–water partition coefficient (Wildman–Crippen LogP) is 2.52. The summed E-state index contributed by atoms with van der Waals surface area (Å²) in [5.41, 5.74) is 8.63. The minimum Gasteiger partial charge on any atom is -0.397 e. The van der Waals surface area contributed by atoms with E-state index in [4.69, 9.17) is 5.73 Å². The molecule has 0 bridgehead atoms. The Morgan fingerprint density at radius 2 is 2.33 bits per heavy atom. The van der Waals surface area contributed by atoms with Crippen molar-refractivity contribution in [3.63, 3.8) is 0 Å². The van der Waals surface area contributed by atoms with Crippen molar-refractivity contribution in [3.05, 3.63) is 35.4 Å². The van der Waals surface area contributed by atoms with Crippen molar-refractivity contribution >= 4 is 32.9 Å². The lowest BCUT2D eigenvalue weighted by Gasteiger charge is -2.07. The molecule has 0 aliphatic heterocycles. The van der Waals surface area contributed by atoms with Gasteiger partial charge in [-0.1, -0.05) is 0 Å². The van der Waals surface area contributed by atoms with E-state index in [0.29, 0.717) is 6.54 Å². The van der Waals surface area contributed by atoms with Crippen LogP contribution in [-0.2, 0) is 6.54 Å². The maximum Gasteiger partial charge on any atom is 0.125 e. The van der Waals surface area contributed by atoms with Crippen LogP contribution in [0.25, 0.3) is 10.2 Å². The fourth-order valence-corrected chi connectivity index (χ4v) is 2.69. The average Bonchev–Trinajstić information content (AvgIpc) is 2.94. The van der Waals surface area contributed by atoms with E-state index in [0.717, 1.165) is 32.4 Å². The minimum absolute atomic E-state index is 0.617. The number of imidazole rings is 1. The number of fused-ring (bicyclic) bond motifs is 1. The maximum atomic E-state index is 6.02. The predicted molar refractivity (Wildman–Crippen MR) is 74.7 cm³/mol. The van der Waals surface area contributed by atoms with Crippen LogP contribution < -0.4 is 11.1 Å². The average molecular weight is 259 g/mol. The van der Waals surface area contributed by atoms with Gasteiger partial charge in [0.15, 0.2) is 0 Å². The van der Waals surface area contributed by atoms with Gasteiger partial charge >= 0.3 is 0 Å². The normalized spacial score (nSPS) is 10.9. The van der Waals surface area contributed by atoms with Crippen LogP contribution in [0.4, 0.5) is 11.4 Å². The van der Waals surface area contributed by atoms with Crippen LogP contribution in [0.5, 0.6) is 0 Å². The highest BCUT2D eigenvalue weighted by Crippen LogP contribution is 2.29. The summed E-state index contributed by atoms with van der Waals surface area (Å²) in [5.74, 6) is 0.879. The first-order valence-corrected chi connectivity index (χ1v) is 6.43. The molecule has 5 nitrogen and oxygen atoms in total. The van der Waals surface area contributed by atoms with Crippen LogP contribution >= 0.6 is 11.3 Å². The second-order valence-electron chi connectivity index (χ2n) is 4.03. The van der Waals surface area contributed by atoms with E-state index >= 15 is 0 Å². The molecule has 0 unspecified atom stereocenters. The van der Waals surface area contributed by atoms with E-state index in [2.05, 4.69) is 20.3 Å². The maximum absolute atomic E-state index is 6.02. The Balaban J connectivity index is 1.88. The summed E-state index contributed by atoms with van der Waals surface area (Å²) in [4.78, 5) is 11.7. The minimum atomic E-state index is 0.617. The van der Waals surface area contributed by atoms with Crippen molar-refractivity contribution in [3.8, 4) is 0 Å². The molecular weight excluding hydrogens is 246 g/mol. The van der Waals surface area contributed by atoms with Gasteiger partial charge in [0.05, 0.1) is 33.1 Å². The molecule has 2 aromatic heterocycles. The van der Waals surface area contributed by atoms with E-state index in [1.54, 1.807) is 23.7 Å². The topological polar surface area (TPSA) is 79.6 Å². The van der Waals surface area contributed by atoms with E-state index in [-0.39, 0.29) is 0 Å². The molecule has 0 spiro atoms. The molecule has 0 saturated heterocycles. The second kappa shape index (κ2) is 4.30. The molecule has 1 aromatic carbocycles. The first-order valence-electron chi connectivity index (χ1n) is 5.61. The molecule has 18 heavy (non-hydrogen) atoms. The Hall–Kier alpha value is -2.08. The Bertz CT molecular complexity index is 671. The number of anilines is 2. The molecule has 0 aliphatic carbocycles. The summed E-state index contributed by atoms with van der Waals surface area (Å²) in [6, 6.07) is 3.95. The third-order valence-electron chi connectivity index (χ3n) is 2.67. The molecule has 2 heterocycles. The molecule has 0 aliphatic rings. The zero-order valence-electron chi connectivity index (χ0n) is 9.90. The van der Waals surface area contributed by atoms with E-state index in [9.17, 15) is 0 Å². The number of aromatic nitrogens is 3.